The van der Waals surface area contributed by atoms with Crippen molar-refractivity contribution in [1.82, 2.24) is 15.1 Å². The molecule has 134 valence electrons. The minimum absolute atomic E-state index is 0. The summed E-state index contributed by atoms with van der Waals surface area (Å²) in [5.41, 5.74) is 1.35. The number of nitrogens with zero attached hydrogens (tertiary/aromatic N) is 2. The summed E-state index contributed by atoms with van der Waals surface area (Å²) in [6.45, 7) is 6.58. The molecule has 1 saturated carbocycles. The van der Waals surface area contributed by atoms with E-state index in [0.717, 1.165) is 51.7 Å². The van der Waals surface area contributed by atoms with E-state index in [1.807, 2.05) is 4.90 Å². The number of rotatable bonds is 7. The average molecular weight is 352 g/mol. The highest BCUT2D eigenvalue weighted by atomic mass is 35.5. The number of hydrogen-bond acceptors (Lipinski definition) is 3. The van der Waals surface area contributed by atoms with Crippen LogP contribution in [-0.2, 0) is 11.3 Å². The Morgan fingerprint density at radius 3 is 2.50 bits per heavy atom. The molecule has 0 aromatic heterocycles. The molecule has 0 spiro atoms. The van der Waals surface area contributed by atoms with Crippen LogP contribution in [0, 0.1) is 5.92 Å². The average Bonchev–Trinajstić information content (AvgIpc) is 2.57. The van der Waals surface area contributed by atoms with Crippen LogP contribution in [-0.4, -0.2) is 55.0 Å². The van der Waals surface area contributed by atoms with Gasteiger partial charge in [0.25, 0.3) is 0 Å². The van der Waals surface area contributed by atoms with Crippen LogP contribution < -0.4 is 5.32 Å². The van der Waals surface area contributed by atoms with E-state index in [1.54, 1.807) is 0 Å². The van der Waals surface area contributed by atoms with Crippen LogP contribution >= 0.6 is 12.4 Å². The first kappa shape index (κ1) is 19.2. The largest absolute Gasteiger partial charge is 0.340 e. The van der Waals surface area contributed by atoms with Crippen molar-refractivity contribution in [2.75, 3.05) is 39.3 Å². The summed E-state index contributed by atoms with van der Waals surface area (Å²) in [5, 5.41) is 3.30. The summed E-state index contributed by atoms with van der Waals surface area (Å²) in [4.78, 5) is 16.9. The molecule has 1 aromatic carbocycles. The summed E-state index contributed by atoms with van der Waals surface area (Å²) in [5.74, 6) is 1.16. The summed E-state index contributed by atoms with van der Waals surface area (Å²) < 4.78 is 0. The fourth-order valence-electron chi connectivity index (χ4n) is 3.44. The van der Waals surface area contributed by atoms with Gasteiger partial charge in [0.1, 0.15) is 0 Å². The number of carbonyl (C=O) groups is 1. The van der Waals surface area contributed by atoms with Crippen LogP contribution in [0.25, 0.3) is 0 Å². The van der Waals surface area contributed by atoms with Gasteiger partial charge in [-0.3, -0.25) is 9.69 Å². The molecule has 0 unspecified atom stereocenters. The van der Waals surface area contributed by atoms with Gasteiger partial charge >= 0.3 is 0 Å². The smallest absolute Gasteiger partial charge is 0.223 e. The van der Waals surface area contributed by atoms with Crippen molar-refractivity contribution < 1.29 is 4.79 Å². The number of amides is 1. The second-order valence-corrected chi connectivity index (χ2v) is 6.90. The first-order valence-corrected chi connectivity index (χ1v) is 9.06. The first-order valence-electron chi connectivity index (χ1n) is 9.06. The molecule has 4 nitrogen and oxygen atoms in total. The van der Waals surface area contributed by atoms with Gasteiger partial charge in [-0.1, -0.05) is 36.8 Å². The number of halogens is 1. The van der Waals surface area contributed by atoms with Crippen molar-refractivity contribution in [3.63, 3.8) is 0 Å². The van der Waals surface area contributed by atoms with Crippen LogP contribution in [0.5, 0.6) is 0 Å². The van der Waals surface area contributed by atoms with Crippen LogP contribution in [0.3, 0.4) is 0 Å². The van der Waals surface area contributed by atoms with Crippen LogP contribution in [0.15, 0.2) is 30.3 Å². The molecule has 1 amide bonds. The van der Waals surface area contributed by atoms with E-state index >= 15 is 0 Å². The Morgan fingerprint density at radius 1 is 1.17 bits per heavy atom. The van der Waals surface area contributed by atoms with Gasteiger partial charge in [-0.2, -0.15) is 0 Å². The van der Waals surface area contributed by atoms with E-state index < -0.39 is 0 Å². The maximum absolute atomic E-state index is 12.4. The zero-order chi connectivity index (χ0) is 15.9. The van der Waals surface area contributed by atoms with Crippen molar-refractivity contribution >= 4 is 18.3 Å². The predicted octanol–water partition coefficient (Wildman–Crippen LogP) is 2.53. The highest BCUT2D eigenvalue weighted by molar-refractivity contribution is 5.85. The maximum Gasteiger partial charge on any atom is 0.223 e. The molecule has 1 aliphatic carbocycles. The number of nitrogens with one attached hydrogen (secondary N) is 1. The fraction of sp³-hybridized carbons (Fsp3) is 0.632. The molecule has 1 saturated heterocycles. The molecule has 1 heterocycles. The van der Waals surface area contributed by atoms with Crippen LogP contribution in [0.4, 0.5) is 0 Å². The zero-order valence-corrected chi connectivity index (χ0v) is 15.3. The van der Waals surface area contributed by atoms with Gasteiger partial charge in [0.05, 0.1) is 0 Å². The molecule has 0 bridgehead atoms. The van der Waals surface area contributed by atoms with Gasteiger partial charge < -0.3 is 10.2 Å². The minimum Gasteiger partial charge on any atom is -0.340 e. The summed E-state index contributed by atoms with van der Waals surface area (Å²) in [6.07, 6.45) is 4.75. The molecule has 3 rings (SSSR count). The van der Waals surface area contributed by atoms with Gasteiger partial charge in [-0.15, -0.1) is 12.4 Å². The number of piperazine rings is 1. The summed E-state index contributed by atoms with van der Waals surface area (Å²) in [6, 6.07) is 10.6. The Kier molecular flexibility index (Phi) is 8.03. The SMILES string of the molecule is Cl.O=C(CCN(Cc1ccccc1)CC1CCC1)N1CCNCC1. The molecule has 24 heavy (non-hydrogen) atoms. The van der Waals surface area contributed by atoms with Crippen LogP contribution in [0.2, 0.25) is 0 Å². The summed E-state index contributed by atoms with van der Waals surface area (Å²) in [7, 11) is 0. The van der Waals surface area contributed by atoms with E-state index in [0.29, 0.717) is 12.3 Å². The maximum atomic E-state index is 12.4. The Morgan fingerprint density at radius 2 is 1.88 bits per heavy atom. The predicted molar refractivity (Wildman–Crippen MR) is 100 cm³/mol. The van der Waals surface area contributed by atoms with Crippen LogP contribution in [0.1, 0.15) is 31.2 Å². The third kappa shape index (κ3) is 5.76. The molecule has 1 aliphatic heterocycles. The van der Waals surface area contributed by atoms with Crippen molar-refractivity contribution in [3.05, 3.63) is 35.9 Å². The van der Waals surface area contributed by atoms with E-state index in [1.165, 1.54) is 24.8 Å². The van der Waals surface area contributed by atoms with Gasteiger partial charge in [0.15, 0.2) is 0 Å². The summed E-state index contributed by atoms with van der Waals surface area (Å²) >= 11 is 0. The molecule has 1 aromatic rings. The second kappa shape index (κ2) is 10.0. The Bertz CT molecular complexity index is 487. The molecule has 5 heteroatoms. The van der Waals surface area contributed by atoms with Gasteiger partial charge in [-0.05, 0) is 24.3 Å². The molecule has 2 aliphatic rings. The molecule has 2 fully saturated rings. The lowest BCUT2D eigenvalue weighted by Crippen LogP contribution is -2.47. The second-order valence-electron chi connectivity index (χ2n) is 6.90. The Balaban J connectivity index is 0.00000208. The molecule has 0 radical (unpaired) electrons. The standard InChI is InChI=1S/C19H29N3O.ClH/c23-19(22-13-10-20-11-14-22)9-12-21(16-18-7-4-8-18)15-17-5-2-1-3-6-17;/h1-3,5-6,18,20H,4,7-16H2;1H. The van der Waals surface area contributed by atoms with Gasteiger partial charge in [0.2, 0.25) is 5.91 Å². The van der Waals surface area contributed by atoms with E-state index in [2.05, 4.69) is 40.5 Å². The lowest BCUT2D eigenvalue weighted by Gasteiger charge is -2.33. The number of hydrogen-bond donors (Lipinski definition) is 1. The Hall–Kier alpha value is -1.10. The molecule has 0 atom stereocenters. The van der Waals surface area contributed by atoms with Gasteiger partial charge in [-0.25, -0.2) is 0 Å². The molecule has 1 N–H and O–H groups in total. The molecular weight excluding hydrogens is 322 g/mol. The molecular formula is C19H30ClN3O. The van der Waals surface area contributed by atoms with Crippen molar-refractivity contribution in [2.24, 2.45) is 5.92 Å². The van der Waals surface area contributed by atoms with E-state index in [4.69, 9.17) is 0 Å². The topological polar surface area (TPSA) is 35.6 Å². The highest BCUT2D eigenvalue weighted by Crippen LogP contribution is 2.27. The van der Waals surface area contributed by atoms with Crippen molar-refractivity contribution in [1.29, 1.82) is 0 Å². The van der Waals surface area contributed by atoms with Gasteiger partial charge in [0, 0.05) is 52.2 Å². The fourth-order valence-corrected chi connectivity index (χ4v) is 3.44. The van der Waals surface area contributed by atoms with Crippen molar-refractivity contribution in [2.45, 2.75) is 32.2 Å². The normalized spacial score (nSPS) is 18.1. The first-order chi connectivity index (χ1) is 11.3. The number of carbonyl (C=O) groups excluding carboxylic acids is 1. The Labute approximate surface area is 152 Å². The van der Waals surface area contributed by atoms with Crippen molar-refractivity contribution in [3.8, 4) is 0 Å². The minimum atomic E-state index is 0. The third-order valence-electron chi connectivity index (χ3n) is 5.10. The number of benzene rings is 1. The third-order valence-corrected chi connectivity index (χ3v) is 5.10. The van der Waals surface area contributed by atoms with E-state index in [-0.39, 0.29) is 12.4 Å². The quantitative estimate of drug-likeness (QED) is 0.820. The van der Waals surface area contributed by atoms with E-state index in [9.17, 15) is 4.79 Å². The lowest BCUT2D eigenvalue weighted by molar-refractivity contribution is -0.132. The zero-order valence-electron chi connectivity index (χ0n) is 14.5. The highest BCUT2D eigenvalue weighted by Gasteiger charge is 2.22. The monoisotopic (exact) mass is 351 g/mol. The lowest BCUT2D eigenvalue weighted by atomic mass is 9.85.